The van der Waals surface area contributed by atoms with Crippen LogP contribution in [0.4, 0.5) is 17.1 Å². The van der Waals surface area contributed by atoms with E-state index in [9.17, 15) is 4.79 Å². The quantitative estimate of drug-likeness (QED) is 0.725. The molecule has 28 heavy (non-hydrogen) atoms. The number of benzene rings is 1. The fourth-order valence-electron chi connectivity index (χ4n) is 3.48. The number of carbonyl (C=O) groups excluding carboxylic acids is 1. The number of nitrogens with one attached hydrogen (secondary N) is 2. The molecule has 1 fully saturated rings. The lowest BCUT2D eigenvalue weighted by molar-refractivity contribution is 0.0857. The van der Waals surface area contributed by atoms with Gasteiger partial charge in [-0.15, -0.1) is 0 Å². The molecule has 0 spiro atoms. The number of hydrogen-bond acceptors (Lipinski definition) is 5. The lowest BCUT2D eigenvalue weighted by atomic mass is 10.1. The molecule has 2 aromatic rings. The standard InChI is InChI=1S/C22H30N4O2/c1-4-26(5-2)19-8-9-21(16(3)11-19)25-18-12-17(13-23-14-18)22(27)24-15-20-7-6-10-28-20/h8-9,11-14,20,25H,4-7,10,15H2,1-3H3,(H,24,27). The molecule has 1 saturated heterocycles. The highest BCUT2D eigenvalue weighted by atomic mass is 16.5. The fourth-order valence-corrected chi connectivity index (χ4v) is 3.48. The van der Waals surface area contributed by atoms with Crippen LogP contribution in [0.3, 0.4) is 0 Å². The number of aryl methyl sites for hydroxylation is 1. The number of ether oxygens (including phenoxy) is 1. The molecule has 1 amide bonds. The van der Waals surface area contributed by atoms with E-state index in [4.69, 9.17) is 4.74 Å². The Morgan fingerprint density at radius 1 is 1.25 bits per heavy atom. The van der Waals surface area contributed by atoms with Crippen LogP contribution in [-0.4, -0.2) is 43.2 Å². The molecule has 1 aromatic carbocycles. The summed E-state index contributed by atoms with van der Waals surface area (Å²) in [4.78, 5) is 19.0. The molecule has 6 heteroatoms. The predicted molar refractivity (Wildman–Crippen MR) is 114 cm³/mol. The van der Waals surface area contributed by atoms with Crippen LogP contribution in [0.5, 0.6) is 0 Å². The molecule has 3 rings (SSSR count). The Labute approximate surface area is 167 Å². The average molecular weight is 383 g/mol. The van der Waals surface area contributed by atoms with Crippen LogP contribution in [0.2, 0.25) is 0 Å². The Hall–Kier alpha value is -2.60. The van der Waals surface area contributed by atoms with E-state index in [-0.39, 0.29) is 12.0 Å². The smallest absolute Gasteiger partial charge is 0.253 e. The van der Waals surface area contributed by atoms with E-state index in [1.165, 1.54) is 5.69 Å². The zero-order valence-electron chi connectivity index (χ0n) is 17.0. The number of amides is 1. The molecule has 150 valence electrons. The highest BCUT2D eigenvalue weighted by molar-refractivity contribution is 5.94. The molecule has 1 atom stereocenters. The molecular weight excluding hydrogens is 352 g/mol. The SMILES string of the molecule is CCN(CC)c1ccc(Nc2cncc(C(=O)NCC3CCCO3)c2)c(C)c1. The average Bonchev–Trinajstić information content (AvgIpc) is 3.23. The van der Waals surface area contributed by atoms with Crippen molar-refractivity contribution in [3.05, 3.63) is 47.8 Å². The van der Waals surface area contributed by atoms with Gasteiger partial charge in [0.25, 0.3) is 5.91 Å². The van der Waals surface area contributed by atoms with E-state index in [2.05, 4.69) is 59.5 Å². The number of aromatic nitrogens is 1. The summed E-state index contributed by atoms with van der Waals surface area (Å²) in [6.45, 7) is 9.70. The van der Waals surface area contributed by atoms with Crippen molar-refractivity contribution in [1.29, 1.82) is 0 Å². The van der Waals surface area contributed by atoms with E-state index < -0.39 is 0 Å². The minimum atomic E-state index is -0.125. The van der Waals surface area contributed by atoms with E-state index in [1.54, 1.807) is 12.4 Å². The molecule has 0 bridgehead atoms. The first kappa shape index (κ1) is 20.1. The number of rotatable bonds is 8. The van der Waals surface area contributed by atoms with Crippen molar-refractivity contribution in [3.63, 3.8) is 0 Å². The molecule has 0 aliphatic carbocycles. The largest absolute Gasteiger partial charge is 0.376 e. The van der Waals surface area contributed by atoms with Gasteiger partial charge in [-0.25, -0.2) is 0 Å². The van der Waals surface area contributed by atoms with Gasteiger partial charge in [-0.3, -0.25) is 9.78 Å². The highest BCUT2D eigenvalue weighted by Crippen LogP contribution is 2.25. The lowest BCUT2D eigenvalue weighted by Crippen LogP contribution is -2.31. The van der Waals surface area contributed by atoms with Crippen molar-refractivity contribution in [2.45, 2.75) is 39.7 Å². The normalized spacial score (nSPS) is 16.0. The van der Waals surface area contributed by atoms with Gasteiger partial charge in [0.05, 0.1) is 23.6 Å². The summed E-state index contributed by atoms with van der Waals surface area (Å²) >= 11 is 0. The van der Waals surface area contributed by atoms with Crippen LogP contribution in [0, 0.1) is 6.92 Å². The van der Waals surface area contributed by atoms with Gasteiger partial charge in [0.2, 0.25) is 0 Å². The van der Waals surface area contributed by atoms with Gasteiger partial charge in [-0.1, -0.05) is 0 Å². The molecule has 1 aliphatic heterocycles. The Bertz CT molecular complexity index is 799. The van der Waals surface area contributed by atoms with Gasteiger partial charge < -0.3 is 20.3 Å². The van der Waals surface area contributed by atoms with Crippen molar-refractivity contribution in [3.8, 4) is 0 Å². The molecular formula is C22H30N4O2. The van der Waals surface area contributed by atoms with Crippen molar-refractivity contribution in [2.75, 3.05) is 36.5 Å². The Morgan fingerprint density at radius 3 is 2.75 bits per heavy atom. The van der Waals surface area contributed by atoms with Gasteiger partial charge in [0, 0.05) is 43.8 Å². The summed E-state index contributed by atoms with van der Waals surface area (Å²) in [6, 6.07) is 8.21. The van der Waals surface area contributed by atoms with Crippen molar-refractivity contribution >= 4 is 23.0 Å². The van der Waals surface area contributed by atoms with Crippen LogP contribution in [-0.2, 0) is 4.74 Å². The molecule has 2 heterocycles. The second kappa shape index (κ2) is 9.55. The molecule has 1 unspecified atom stereocenters. The second-order valence-corrected chi connectivity index (χ2v) is 7.10. The van der Waals surface area contributed by atoms with E-state index in [0.717, 1.165) is 49.5 Å². The van der Waals surface area contributed by atoms with Gasteiger partial charge in [-0.2, -0.15) is 0 Å². The molecule has 0 saturated carbocycles. The zero-order chi connectivity index (χ0) is 19.9. The first-order chi connectivity index (χ1) is 13.6. The predicted octanol–water partition coefficient (Wildman–Crippen LogP) is 3.89. The topological polar surface area (TPSA) is 66.5 Å². The van der Waals surface area contributed by atoms with Gasteiger partial charge in [0.15, 0.2) is 0 Å². The van der Waals surface area contributed by atoms with Crippen LogP contribution in [0.15, 0.2) is 36.7 Å². The van der Waals surface area contributed by atoms with E-state index in [1.807, 2.05) is 6.07 Å². The maximum atomic E-state index is 12.4. The van der Waals surface area contributed by atoms with Crippen molar-refractivity contribution < 1.29 is 9.53 Å². The first-order valence-corrected chi connectivity index (χ1v) is 10.1. The molecule has 0 radical (unpaired) electrons. The van der Waals surface area contributed by atoms with Gasteiger partial charge >= 0.3 is 0 Å². The third-order valence-electron chi connectivity index (χ3n) is 5.13. The summed E-state index contributed by atoms with van der Waals surface area (Å²) < 4.78 is 5.55. The van der Waals surface area contributed by atoms with Crippen molar-refractivity contribution in [2.24, 2.45) is 0 Å². The molecule has 6 nitrogen and oxygen atoms in total. The molecule has 2 N–H and O–H groups in total. The highest BCUT2D eigenvalue weighted by Gasteiger charge is 2.17. The summed E-state index contributed by atoms with van der Waals surface area (Å²) in [5.74, 6) is -0.125. The minimum Gasteiger partial charge on any atom is -0.376 e. The number of pyridine rings is 1. The summed E-state index contributed by atoms with van der Waals surface area (Å²) in [5, 5.41) is 6.32. The minimum absolute atomic E-state index is 0.125. The maximum Gasteiger partial charge on any atom is 0.253 e. The Kier molecular flexibility index (Phi) is 6.87. The number of anilines is 3. The number of carbonyl (C=O) groups is 1. The van der Waals surface area contributed by atoms with Crippen LogP contribution in [0.1, 0.15) is 42.6 Å². The monoisotopic (exact) mass is 382 g/mol. The van der Waals surface area contributed by atoms with Crippen LogP contribution in [0.25, 0.3) is 0 Å². The van der Waals surface area contributed by atoms with E-state index in [0.29, 0.717) is 12.1 Å². The van der Waals surface area contributed by atoms with Crippen LogP contribution >= 0.6 is 0 Å². The van der Waals surface area contributed by atoms with E-state index >= 15 is 0 Å². The summed E-state index contributed by atoms with van der Waals surface area (Å²) in [6.07, 6.45) is 5.52. The molecule has 1 aliphatic rings. The summed E-state index contributed by atoms with van der Waals surface area (Å²) in [7, 11) is 0. The molecule has 1 aromatic heterocycles. The van der Waals surface area contributed by atoms with Crippen molar-refractivity contribution in [1.82, 2.24) is 10.3 Å². The third-order valence-corrected chi connectivity index (χ3v) is 5.13. The summed E-state index contributed by atoms with van der Waals surface area (Å²) in [5.41, 5.74) is 4.71. The van der Waals surface area contributed by atoms with Gasteiger partial charge in [-0.05, 0) is 63.4 Å². The number of hydrogen-bond donors (Lipinski definition) is 2. The Morgan fingerprint density at radius 2 is 2.07 bits per heavy atom. The Balaban J connectivity index is 1.66. The lowest BCUT2D eigenvalue weighted by Gasteiger charge is -2.22. The fraction of sp³-hybridized carbons (Fsp3) is 0.455. The van der Waals surface area contributed by atoms with Gasteiger partial charge in [0.1, 0.15) is 0 Å². The zero-order valence-corrected chi connectivity index (χ0v) is 17.0. The third kappa shape index (κ3) is 5.01. The first-order valence-electron chi connectivity index (χ1n) is 10.1. The maximum absolute atomic E-state index is 12.4. The van der Waals surface area contributed by atoms with Crippen LogP contribution < -0.4 is 15.5 Å². The second-order valence-electron chi connectivity index (χ2n) is 7.10. The number of nitrogens with zero attached hydrogens (tertiary/aromatic N) is 2.